The fourth-order valence-corrected chi connectivity index (χ4v) is 4.46. The molecule has 0 aromatic carbocycles. The molecular weight excluding hydrogens is 262 g/mol. The van der Waals surface area contributed by atoms with Crippen LogP contribution >= 0.6 is 11.3 Å². The standard InChI is InChI=1S/C18H31NS/c1-18(2,3)17-13-12-16(20-17)15(19-4)11-10-14-8-6-5-7-9-14/h12-15,19H,5-11H2,1-4H3. The van der Waals surface area contributed by atoms with Crippen molar-refractivity contribution in [2.45, 2.75) is 77.2 Å². The molecule has 1 aliphatic carbocycles. The third kappa shape index (κ3) is 4.33. The van der Waals surface area contributed by atoms with Crippen molar-refractivity contribution < 1.29 is 0 Å². The van der Waals surface area contributed by atoms with Crippen LogP contribution in [0.25, 0.3) is 0 Å². The number of hydrogen-bond acceptors (Lipinski definition) is 2. The van der Waals surface area contributed by atoms with Crippen LogP contribution < -0.4 is 5.32 Å². The first-order chi connectivity index (χ1) is 9.50. The molecule has 2 rings (SSSR count). The molecular formula is C18H31NS. The van der Waals surface area contributed by atoms with Gasteiger partial charge in [-0.3, -0.25) is 0 Å². The first kappa shape index (κ1) is 16.0. The van der Waals surface area contributed by atoms with E-state index in [1.165, 1.54) is 54.7 Å². The third-order valence-electron chi connectivity index (χ3n) is 4.65. The topological polar surface area (TPSA) is 12.0 Å². The first-order valence-electron chi connectivity index (χ1n) is 8.28. The van der Waals surface area contributed by atoms with E-state index in [0.29, 0.717) is 6.04 Å². The van der Waals surface area contributed by atoms with Gasteiger partial charge in [0, 0.05) is 15.8 Å². The van der Waals surface area contributed by atoms with Crippen molar-refractivity contribution in [3.63, 3.8) is 0 Å². The minimum atomic E-state index is 0.282. The zero-order valence-electron chi connectivity index (χ0n) is 13.7. The Labute approximate surface area is 129 Å². The Balaban J connectivity index is 1.92. The molecule has 1 aromatic rings. The monoisotopic (exact) mass is 293 g/mol. The van der Waals surface area contributed by atoms with E-state index in [0.717, 1.165) is 5.92 Å². The SMILES string of the molecule is CNC(CCC1CCCCC1)c1ccc(C(C)(C)C)s1. The van der Waals surface area contributed by atoms with Gasteiger partial charge in [0.2, 0.25) is 0 Å². The quantitative estimate of drug-likeness (QED) is 0.738. The normalized spacial score (nSPS) is 19.2. The highest BCUT2D eigenvalue weighted by Crippen LogP contribution is 2.35. The molecule has 1 aliphatic rings. The molecule has 0 saturated heterocycles. The van der Waals surface area contributed by atoms with E-state index >= 15 is 0 Å². The molecule has 114 valence electrons. The Kier molecular flexibility index (Phi) is 5.68. The van der Waals surface area contributed by atoms with E-state index in [4.69, 9.17) is 0 Å². The van der Waals surface area contributed by atoms with Crippen molar-refractivity contribution in [2.75, 3.05) is 7.05 Å². The summed E-state index contributed by atoms with van der Waals surface area (Å²) in [5.74, 6) is 0.988. The summed E-state index contributed by atoms with van der Waals surface area (Å²) in [6.07, 6.45) is 10.0. The maximum Gasteiger partial charge on any atom is 0.0412 e. The summed E-state index contributed by atoms with van der Waals surface area (Å²) in [4.78, 5) is 3.03. The fourth-order valence-electron chi connectivity index (χ4n) is 3.25. The highest BCUT2D eigenvalue weighted by Gasteiger charge is 2.20. The molecule has 1 atom stereocenters. The molecule has 1 aromatic heterocycles. The minimum Gasteiger partial charge on any atom is -0.312 e. The van der Waals surface area contributed by atoms with Crippen LogP contribution in [0.15, 0.2) is 12.1 Å². The van der Waals surface area contributed by atoms with Crippen LogP contribution in [0, 0.1) is 5.92 Å². The summed E-state index contributed by atoms with van der Waals surface area (Å²) in [6, 6.07) is 5.22. The summed E-state index contributed by atoms with van der Waals surface area (Å²) in [5, 5.41) is 3.53. The maximum atomic E-state index is 3.53. The van der Waals surface area contributed by atoms with Gasteiger partial charge in [0.1, 0.15) is 0 Å². The molecule has 0 spiro atoms. The van der Waals surface area contributed by atoms with Gasteiger partial charge >= 0.3 is 0 Å². The van der Waals surface area contributed by atoms with Crippen LogP contribution in [0.5, 0.6) is 0 Å². The van der Waals surface area contributed by atoms with Crippen molar-refractivity contribution in [3.8, 4) is 0 Å². The highest BCUT2D eigenvalue weighted by molar-refractivity contribution is 7.12. The van der Waals surface area contributed by atoms with Crippen LogP contribution in [0.2, 0.25) is 0 Å². The maximum absolute atomic E-state index is 3.53. The second kappa shape index (κ2) is 7.09. The molecule has 1 heterocycles. The lowest BCUT2D eigenvalue weighted by molar-refractivity contribution is 0.318. The van der Waals surface area contributed by atoms with Gasteiger partial charge in [-0.1, -0.05) is 52.9 Å². The summed E-state index contributed by atoms with van der Waals surface area (Å²) in [5.41, 5.74) is 0.282. The van der Waals surface area contributed by atoms with Crippen LogP contribution in [0.4, 0.5) is 0 Å². The largest absolute Gasteiger partial charge is 0.312 e. The Morgan fingerprint density at radius 2 is 1.90 bits per heavy atom. The molecule has 0 bridgehead atoms. The summed E-state index contributed by atoms with van der Waals surface area (Å²) in [7, 11) is 2.11. The van der Waals surface area contributed by atoms with Gasteiger partial charge in [-0.05, 0) is 43.4 Å². The van der Waals surface area contributed by atoms with Crippen molar-refractivity contribution in [3.05, 3.63) is 21.9 Å². The van der Waals surface area contributed by atoms with Crippen LogP contribution in [-0.4, -0.2) is 7.05 Å². The zero-order chi connectivity index (χ0) is 14.6. The molecule has 1 N–H and O–H groups in total. The Bertz CT molecular complexity index is 396. The van der Waals surface area contributed by atoms with Gasteiger partial charge in [-0.2, -0.15) is 0 Å². The molecule has 1 unspecified atom stereocenters. The second-order valence-corrected chi connectivity index (χ2v) is 8.49. The number of hydrogen-bond donors (Lipinski definition) is 1. The molecule has 1 nitrogen and oxygen atoms in total. The zero-order valence-corrected chi connectivity index (χ0v) is 14.5. The lowest BCUT2D eigenvalue weighted by Crippen LogP contribution is -2.17. The van der Waals surface area contributed by atoms with E-state index in [9.17, 15) is 0 Å². The average Bonchev–Trinajstić information content (AvgIpc) is 2.90. The van der Waals surface area contributed by atoms with Crippen LogP contribution in [0.3, 0.4) is 0 Å². The van der Waals surface area contributed by atoms with Gasteiger partial charge in [-0.25, -0.2) is 0 Å². The second-order valence-electron chi connectivity index (χ2n) is 7.37. The lowest BCUT2D eigenvalue weighted by Gasteiger charge is -2.24. The minimum absolute atomic E-state index is 0.282. The first-order valence-corrected chi connectivity index (χ1v) is 9.10. The molecule has 1 fully saturated rings. The van der Waals surface area contributed by atoms with Gasteiger partial charge in [0.25, 0.3) is 0 Å². The fraction of sp³-hybridized carbons (Fsp3) is 0.778. The van der Waals surface area contributed by atoms with E-state index in [1.807, 2.05) is 11.3 Å². The molecule has 0 amide bonds. The van der Waals surface area contributed by atoms with Crippen LogP contribution in [-0.2, 0) is 5.41 Å². The molecule has 20 heavy (non-hydrogen) atoms. The molecule has 2 heteroatoms. The smallest absolute Gasteiger partial charge is 0.0412 e. The average molecular weight is 294 g/mol. The molecule has 1 saturated carbocycles. The van der Waals surface area contributed by atoms with Gasteiger partial charge in [-0.15, -0.1) is 11.3 Å². The number of rotatable bonds is 5. The van der Waals surface area contributed by atoms with E-state index in [2.05, 4.69) is 45.3 Å². The Morgan fingerprint density at radius 1 is 1.20 bits per heavy atom. The summed E-state index contributed by atoms with van der Waals surface area (Å²) < 4.78 is 0. The van der Waals surface area contributed by atoms with Gasteiger partial charge in [0.05, 0.1) is 0 Å². The van der Waals surface area contributed by atoms with Crippen molar-refractivity contribution in [2.24, 2.45) is 5.92 Å². The van der Waals surface area contributed by atoms with Crippen molar-refractivity contribution >= 4 is 11.3 Å². The Morgan fingerprint density at radius 3 is 2.45 bits per heavy atom. The van der Waals surface area contributed by atoms with E-state index in [1.54, 1.807) is 0 Å². The Hall–Kier alpha value is -0.340. The molecule has 0 aliphatic heterocycles. The van der Waals surface area contributed by atoms with Gasteiger partial charge < -0.3 is 5.32 Å². The highest BCUT2D eigenvalue weighted by atomic mass is 32.1. The third-order valence-corrected chi connectivity index (χ3v) is 6.27. The predicted octanol–water partition coefficient (Wildman–Crippen LogP) is 5.67. The summed E-state index contributed by atoms with van der Waals surface area (Å²) in [6.45, 7) is 6.91. The predicted molar refractivity (Wildman–Crippen MR) is 90.6 cm³/mol. The number of thiophene rings is 1. The summed E-state index contributed by atoms with van der Waals surface area (Å²) >= 11 is 2.00. The molecule has 0 radical (unpaired) electrons. The van der Waals surface area contributed by atoms with Crippen molar-refractivity contribution in [1.29, 1.82) is 0 Å². The van der Waals surface area contributed by atoms with E-state index < -0.39 is 0 Å². The number of nitrogens with one attached hydrogen (secondary N) is 1. The lowest BCUT2D eigenvalue weighted by atomic mass is 9.85. The van der Waals surface area contributed by atoms with Crippen LogP contribution in [0.1, 0.15) is 81.5 Å². The van der Waals surface area contributed by atoms with Gasteiger partial charge in [0.15, 0.2) is 0 Å². The van der Waals surface area contributed by atoms with E-state index in [-0.39, 0.29) is 5.41 Å². The van der Waals surface area contributed by atoms with Crippen molar-refractivity contribution in [1.82, 2.24) is 5.32 Å².